The van der Waals surface area contributed by atoms with E-state index in [-0.39, 0.29) is 6.04 Å². The Hall–Kier alpha value is -1.06. The molecule has 1 aliphatic heterocycles. The molecule has 3 nitrogen and oxygen atoms in total. The largest absolute Gasteiger partial charge is 0.388 e. The van der Waals surface area contributed by atoms with Crippen molar-refractivity contribution in [2.75, 3.05) is 24.5 Å². The van der Waals surface area contributed by atoms with Gasteiger partial charge in [-0.25, -0.2) is 0 Å². The highest BCUT2D eigenvalue weighted by atomic mass is 16.3. The first-order valence-corrected chi connectivity index (χ1v) is 5.84. The van der Waals surface area contributed by atoms with Gasteiger partial charge in [-0.05, 0) is 26.0 Å². The van der Waals surface area contributed by atoms with Gasteiger partial charge in [0.2, 0.25) is 0 Å². The Morgan fingerprint density at radius 2 is 2.00 bits per heavy atom. The molecule has 0 bridgehead atoms. The molecule has 1 saturated heterocycles. The minimum Gasteiger partial charge on any atom is -0.388 e. The molecule has 0 spiro atoms. The zero-order chi connectivity index (χ0) is 11.6. The Balaban J connectivity index is 2.24. The van der Waals surface area contributed by atoms with E-state index < -0.39 is 5.60 Å². The van der Waals surface area contributed by atoms with Crippen molar-refractivity contribution in [3.63, 3.8) is 0 Å². The molecule has 1 fully saturated rings. The third kappa shape index (κ3) is 2.36. The van der Waals surface area contributed by atoms with Crippen LogP contribution in [0, 0.1) is 0 Å². The lowest BCUT2D eigenvalue weighted by Gasteiger charge is -2.44. The Morgan fingerprint density at radius 1 is 1.31 bits per heavy atom. The van der Waals surface area contributed by atoms with Gasteiger partial charge in [0.15, 0.2) is 0 Å². The molecule has 1 aliphatic rings. The topological polar surface area (TPSA) is 35.5 Å². The SMILES string of the molecule is CC(C)(O)[C@@H]1CNCCN1c1ccccc1. The van der Waals surface area contributed by atoms with Gasteiger partial charge < -0.3 is 15.3 Å². The molecular weight excluding hydrogens is 200 g/mol. The highest BCUT2D eigenvalue weighted by Crippen LogP contribution is 2.24. The molecule has 0 aliphatic carbocycles. The molecule has 16 heavy (non-hydrogen) atoms. The van der Waals surface area contributed by atoms with Crippen LogP contribution in [-0.2, 0) is 0 Å². The van der Waals surface area contributed by atoms with E-state index in [1.54, 1.807) is 0 Å². The van der Waals surface area contributed by atoms with Gasteiger partial charge in [-0.3, -0.25) is 0 Å². The van der Waals surface area contributed by atoms with Crippen LogP contribution in [0.4, 0.5) is 5.69 Å². The molecule has 0 unspecified atom stereocenters. The summed E-state index contributed by atoms with van der Waals surface area (Å²) in [6, 6.07) is 10.4. The van der Waals surface area contributed by atoms with Crippen LogP contribution in [0.1, 0.15) is 13.8 Å². The Labute approximate surface area is 97.1 Å². The summed E-state index contributed by atoms with van der Waals surface area (Å²) in [6.07, 6.45) is 0. The van der Waals surface area contributed by atoms with Gasteiger partial charge in [0.1, 0.15) is 0 Å². The van der Waals surface area contributed by atoms with Crippen LogP contribution in [-0.4, -0.2) is 36.4 Å². The zero-order valence-corrected chi connectivity index (χ0v) is 9.98. The average molecular weight is 220 g/mol. The smallest absolute Gasteiger partial charge is 0.0806 e. The number of anilines is 1. The fourth-order valence-corrected chi connectivity index (χ4v) is 2.26. The van der Waals surface area contributed by atoms with Gasteiger partial charge in [0.05, 0.1) is 11.6 Å². The third-order valence-electron chi connectivity index (χ3n) is 3.15. The summed E-state index contributed by atoms with van der Waals surface area (Å²) in [5, 5.41) is 13.5. The summed E-state index contributed by atoms with van der Waals surface area (Å²) in [5.74, 6) is 0. The fourth-order valence-electron chi connectivity index (χ4n) is 2.26. The number of piperazine rings is 1. The fraction of sp³-hybridized carbons (Fsp3) is 0.538. The third-order valence-corrected chi connectivity index (χ3v) is 3.15. The van der Waals surface area contributed by atoms with Crippen molar-refractivity contribution in [1.82, 2.24) is 5.32 Å². The Morgan fingerprint density at radius 3 is 2.62 bits per heavy atom. The summed E-state index contributed by atoms with van der Waals surface area (Å²) in [4.78, 5) is 2.29. The van der Waals surface area contributed by atoms with Gasteiger partial charge in [0.25, 0.3) is 0 Å². The van der Waals surface area contributed by atoms with Crippen LogP contribution in [0.2, 0.25) is 0 Å². The van der Waals surface area contributed by atoms with Crippen molar-refractivity contribution >= 4 is 5.69 Å². The number of aliphatic hydroxyl groups is 1. The lowest BCUT2D eigenvalue weighted by molar-refractivity contribution is 0.0446. The molecule has 1 atom stereocenters. The van der Waals surface area contributed by atoms with Crippen LogP contribution in [0.25, 0.3) is 0 Å². The van der Waals surface area contributed by atoms with Gasteiger partial charge >= 0.3 is 0 Å². The van der Waals surface area contributed by atoms with E-state index in [1.165, 1.54) is 5.69 Å². The van der Waals surface area contributed by atoms with Crippen molar-refractivity contribution in [2.45, 2.75) is 25.5 Å². The molecular formula is C13H20N2O. The van der Waals surface area contributed by atoms with E-state index in [0.29, 0.717) is 0 Å². The molecule has 0 saturated carbocycles. The number of hydrogen-bond acceptors (Lipinski definition) is 3. The predicted molar refractivity (Wildman–Crippen MR) is 66.7 cm³/mol. The maximum Gasteiger partial charge on any atom is 0.0806 e. The number of nitrogens with one attached hydrogen (secondary N) is 1. The zero-order valence-electron chi connectivity index (χ0n) is 9.98. The van der Waals surface area contributed by atoms with Crippen molar-refractivity contribution in [1.29, 1.82) is 0 Å². The summed E-state index contributed by atoms with van der Waals surface area (Å²) in [5.41, 5.74) is 0.500. The van der Waals surface area contributed by atoms with Crippen molar-refractivity contribution < 1.29 is 5.11 Å². The van der Waals surface area contributed by atoms with Crippen LogP contribution < -0.4 is 10.2 Å². The quantitative estimate of drug-likeness (QED) is 0.787. The normalized spacial score (nSPS) is 22.2. The van der Waals surface area contributed by atoms with Gasteiger partial charge in [-0.1, -0.05) is 18.2 Å². The summed E-state index contributed by atoms with van der Waals surface area (Å²) in [7, 11) is 0. The first-order valence-electron chi connectivity index (χ1n) is 5.84. The first-order chi connectivity index (χ1) is 7.59. The summed E-state index contributed by atoms with van der Waals surface area (Å²) >= 11 is 0. The van der Waals surface area contributed by atoms with Crippen LogP contribution in [0.15, 0.2) is 30.3 Å². The standard InChI is InChI=1S/C13H20N2O/c1-13(2,16)12-10-14-8-9-15(12)11-6-4-3-5-7-11/h3-7,12,14,16H,8-10H2,1-2H3/t12-/m0/s1. The average Bonchev–Trinajstić information content (AvgIpc) is 2.29. The Kier molecular flexibility index (Phi) is 3.17. The summed E-state index contributed by atoms with van der Waals surface area (Å²) < 4.78 is 0. The van der Waals surface area contributed by atoms with E-state index in [2.05, 4.69) is 22.3 Å². The minimum atomic E-state index is -0.691. The van der Waals surface area contributed by atoms with Gasteiger partial charge in [-0.15, -0.1) is 0 Å². The second-order valence-electron chi connectivity index (χ2n) is 4.90. The van der Waals surface area contributed by atoms with Crippen molar-refractivity contribution in [3.8, 4) is 0 Å². The van der Waals surface area contributed by atoms with E-state index in [0.717, 1.165) is 19.6 Å². The van der Waals surface area contributed by atoms with E-state index >= 15 is 0 Å². The number of nitrogens with zero attached hydrogens (tertiary/aromatic N) is 1. The number of hydrogen-bond donors (Lipinski definition) is 2. The molecule has 2 rings (SSSR count). The first kappa shape index (κ1) is 11.4. The van der Waals surface area contributed by atoms with Crippen LogP contribution in [0.3, 0.4) is 0 Å². The maximum absolute atomic E-state index is 10.2. The van der Waals surface area contributed by atoms with E-state index in [1.807, 2.05) is 32.0 Å². The van der Waals surface area contributed by atoms with Crippen LogP contribution >= 0.6 is 0 Å². The molecule has 88 valence electrons. The summed E-state index contributed by atoms with van der Waals surface area (Å²) in [6.45, 7) is 6.50. The predicted octanol–water partition coefficient (Wildman–Crippen LogP) is 1.24. The van der Waals surface area contributed by atoms with Crippen molar-refractivity contribution in [3.05, 3.63) is 30.3 Å². The van der Waals surface area contributed by atoms with Crippen molar-refractivity contribution in [2.24, 2.45) is 0 Å². The molecule has 0 amide bonds. The molecule has 0 radical (unpaired) electrons. The molecule has 2 N–H and O–H groups in total. The van der Waals surface area contributed by atoms with E-state index in [9.17, 15) is 5.11 Å². The number of benzene rings is 1. The number of rotatable bonds is 2. The second kappa shape index (κ2) is 4.44. The highest BCUT2D eigenvalue weighted by molar-refractivity contribution is 5.48. The lowest BCUT2D eigenvalue weighted by atomic mass is 9.95. The van der Waals surface area contributed by atoms with Gasteiger partial charge in [-0.2, -0.15) is 0 Å². The molecule has 3 heteroatoms. The molecule has 1 heterocycles. The second-order valence-corrected chi connectivity index (χ2v) is 4.90. The lowest BCUT2D eigenvalue weighted by Crippen LogP contribution is -2.60. The van der Waals surface area contributed by atoms with E-state index in [4.69, 9.17) is 0 Å². The maximum atomic E-state index is 10.2. The monoisotopic (exact) mass is 220 g/mol. The molecule has 1 aromatic carbocycles. The van der Waals surface area contributed by atoms with Gasteiger partial charge in [0, 0.05) is 25.3 Å². The molecule has 1 aromatic rings. The highest BCUT2D eigenvalue weighted by Gasteiger charge is 2.34. The molecule has 0 aromatic heterocycles. The van der Waals surface area contributed by atoms with Crippen LogP contribution in [0.5, 0.6) is 0 Å². The Bertz CT molecular complexity index is 332. The number of para-hydroxylation sites is 1. The minimum absolute atomic E-state index is 0.128.